The summed E-state index contributed by atoms with van der Waals surface area (Å²) in [5.41, 5.74) is 0.968. The molecule has 0 radical (unpaired) electrons. The van der Waals surface area contributed by atoms with Crippen LogP contribution in [0.3, 0.4) is 0 Å². The average Bonchev–Trinajstić information content (AvgIpc) is 2.32. The highest BCUT2D eigenvalue weighted by Crippen LogP contribution is 2.25. The van der Waals surface area contributed by atoms with Crippen LogP contribution in [0.15, 0.2) is 22.7 Å². The van der Waals surface area contributed by atoms with Gasteiger partial charge in [-0.05, 0) is 47.1 Å². The Hall–Kier alpha value is -0.940. The second kappa shape index (κ2) is 6.85. The topological polar surface area (TPSA) is 40.5 Å². The molecule has 0 saturated carbocycles. The minimum atomic E-state index is -0.805. The number of halogens is 2. The van der Waals surface area contributed by atoms with E-state index >= 15 is 0 Å². The van der Waals surface area contributed by atoms with Crippen molar-refractivity contribution in [3.05, 3.63) is 34.1 Å². The van der Waals surface area contributed by atoms with E-state index in [4.69, 9.17) is 5.11 Å². The molecule has 0 fully saturated rings. The third-order valence-corrected chi connectivity index (χ3v) is 3.60. The second-order valence-electron chi connectivity index (χ2n) is 4.12. The second-order valence-corrected chi connectivity index (χ2v) is 4.98. The van der Waals surface area contributed by atoms with Crippen molar-refractivity contribution >= 4 is 21.9 Å². The van der Waals surface area contributed by atoms with Crippen LogP contribution in [0.1, 0.15) is 31.9 Å². The van der Waals surface area contributed by atoms with Gasteiger partial charge in [0.2, 0.25) is 0 Å². The molecule has 0 bridgehead atoms. The predicted octanol–water partition coefficient (Wildman–Crippen LogP) is 3.45. The van der Waals surface area contributed by atoms with Crippen LogP contribution in [0.2, 0.25) is 0 Å². The summed E-state index contributed by atoms with van der Waals surface area (Å²) in [6, 6.07) is 4.95. The molecule has 3 nitrogen and oxygen atoms in total. The van der Waals surface area contributed by atoms with Gasteiger partial charge in [-0.15, -0.1) is 0 Å². The van der Waals surface area contributed by atoms with Crippen molar-refractivity contribution < 1.29 is 14.3 Å². The molecule has 1 aromatic rings. The molecule has 0 saturated heterocycles. The van der Waals surface area contributed by atoms with Crippen LogP contribution in [0.4, 0.5) is 4.39 Å². The monoisotopic (exact) mass is 317 g/mol. The Morgan fingerprint density at radius 1 is 1.56 bits per heavy atom. The van der Waals surface area contributed by atoms with Crippen LogP contribution in [0.25, 0.3) is 0 Å². The number of carboxylic acid groups (broad SMARTS) is 1. The largest absolute Gasteiger partial charge is 0.481 e. The van der Waals surface area contributed by atoms with Crippen LogP contribution < -0.4 is 0 Å². The number of hydrogen-bond acceptors (Lipinski definition) is 2. The molecule has 0 aliphatic carbocycles. The average molecular weight is 318 g/mol. The van der Waals surface area contributed by atoms with E-state index in [2.05, 4.69) is 15.9 Å². The molecule has 0 amide bonds. The maximum atomic E-state index is 13.2. The molecular formula is C13H17BrFNO2. The summed E-state index contributed by atoms with van der Waals surface area (Å²) < 4.78 is 13.6. The van der Waals surface area contributed by atoms with E-state index in [0.29, 0.717) is 11.0 Å². The first-order valence-corrected chi connectivity index (χ1v) is 6.65. The van der Waals surface area contributed by atoms with Crippen LogP contribution in [0, 0.1) is 5.82 Å². The Morgan fingerprint density at radius 3 is 2.72 bits per heavy atom. The van der Waals surface area contributed by atoms with Crippen molar-refractivity contribution in [2.75, 3.05) is 13.1 Å². The molecule has 0 heterocycles. The van der Waals surface area contributed by atoms with Gasteiger partial charge >= 0.3 is 5.97 Å². The quantitative estimate of drug-likeness (QED) is 0.873. The summed E-state index contributed by atoms with van der Waals surface area (Å²) in [4.78, 5) is 12.6. The number of carboxylic acids is 1. The zero-order chi connectivity index (χ0) is 13.7. The van der Waals surface area contributed by atoms with Crippen LogP contribution in [0.5, 0.6) is 0 Å². The Labute approximate surface area is 115 Å². The summed E-state index contributed by atoms with van der Waals surface area (Å²) in [5, 5.41) is 8.71. The van der Waals surface area contributed by atoms with Crippen molar-refractivity contribution in [3.8, 4) is 0 Å². The number of aliphatic carboxylic acids is 1. The van der Waals surface area contributed by atoms with Crippen LogP contribution in [-0.2, 0) is 4.79 Å². The lowest BCUT2D eigenvalue weighted by atomic mass is 10.1. The van der Waals surface area contributed by atoms with Crippen molar-refractivity contribution in [2.45, 2.75) is 26.3 Å². The SMILES string of the molecule is CCN(CCC(=O)O)C(C)c1ccc(F)c(Br)c1. The van der Waals surface area contributed by atoms with Gasteiger partial charge < -0.3 is 5.11 Å². The fourth-order valence-electron chi connectivity index (χ4n) is 1.85. The van der Waals surface area contributed by atoms with Gasteiger partial charge in [0.15, 0.2) is 0 Å². The molecule has 1 rings (SSSR count). The number of hydrogen-bond donors (Lipinski definition) is 1. The number of benzene rings is 1. The number of rotatable bonds is 6. The maximum absolute atomic E-state index is 13.2. The molecule has 1 atom stereocenters. The Morgan fingerprint density at radius 2 is 2.22 bits per heavy atom. The van der Waals surface area contributed by atoms with E-state index in [1.165, 1.54) is 6.07 Å². The highest BCUT2D eigenvalue weighted by Gasteiger charge is 2.16. The third kappa shape index (κ3) is 4.07. The lowest BCUT2D eigenvalue weighted by Gasteiger charge is -2.27. The molecule has 0 aliphatic rings. The minimum absolute atomic E-state index is 0.0613. The summed E-state index contributed by atoms with van der Waals surface area (Å²) in [5.74, 6) is -1.10. The maximum Gasteiger partial charge on any atom is 0.304 e. The molecule has 1 unspecified atom stereocenters. The van der Waals surface area contributed by atoms with Gasteiger partial charge in [-0.3, -0.25) is 9.69 Å². The van der Waals surface area contributed by atoms with Crippen molar-refractivity contribution in [1.29, 1.82) is 0 Å². The van der Waals surface area contributed by atoms with E-state index in [1.807, 2.05) is 18.7 Å². The molecule has 0 aromatic heterocycles. The number of carbonyl (C=O) groups is 1. The zero-order valence-corrected chi connectivity index (χ0v) is 12.1. The van der Waals surface area contributed by atoms with E-state index in [0.717, 1.165) is 12.1 Å². The minimum Gasteiger partial charge on any atom is -0.481 e. The molecular weight excluding hydrogens is 301 g/mol. The highest BCUT2D eigenvalue weighted by atomic mass is 79.9. The van der Waals surface area contributed by atoms with Gasteiger partial charge in [-0.2, -0.15) is 0 Å². The van der Waals surface area contributed by atoms with Gasteiger partial charge in [-0.25, -0.2) is 4.39 Å². The zero-order valence-electron chi connectivity index (χ0n) is 10.5. The van der Waals surface area contributed by atoms with Gasteiger partial charge in [0.25, 0.3) is 0 Å². The number of nitrogens with zero attached hydrogens (tertiary/aromatic N) is 1. The van der Waals surface area contributed by atoms with E-state index in [9.17, 15) is 9.18 Å². The van der Waals surface area contributed by atoms with Gasteiger partial charge in [-0.1, -0.05) is 13.0 Å². The van der Waals surface area contributed by atoms with E-state index < -0.39 is 5.97 Å². The first-order chi connectivity index (χ1) is 8.45. The van der Waals surface area contributed by atoms with Crippen molar-refractivity contribution in [3.63, 3.8) is 0 Å². The lowest BCUT2D eigenvalue weighted by molar-refractivity contribution is -0.137. The van der Waals surface area contributed by atoms with Crippen molar-refractivity contribution in [1.82, 2.24) is 4.90 Å². The van der Waals surface area contributed by atoms with Crippen molar-refractivity contribution in [2.24, 2.45) is 0 Å². The van der Waals surface area contributed by atoms with Gasteiger partial charge in [0, 0.05) is 12.6 Å². The smallest absolute Gasteiger partial charge is 0.304 e. The molecule has 1 N–H and O–H groups in total. The van der Waals surface area contributed by atoms with Crippen LogP contribution >= 0.6 is 15.9 Å². The Kier molecular flexibility index (Phi) is 5.75. The van der Waals surface area contributed by atoms with E-state index in [1.54, 1.807) is 12.1 Å². The lowest BCUT2D eigenvalue weighted by Crippen LogP contribution is -2.29. The van der Waals surface area contributed by atoms with Gasteiger partial charge in [0.1, 0.15) is 5.82 Å². The summed E-state index contributed by atoms with van der Waals surface area (Å²) in [6.07, 6.45) is 0.112. The molecule has 0 spiro atoms. The van der Waals surface area contributed by atoms with Gasteiger partial charge in [0.05, 0.1) is 10.9 Å². The fraction of sp³-hybridized carbons (Fsp3) is 0.462. The summed E-state index contributed by atoms with van der Waals surface area (Å²) >= 11 is 3.16. The normalized spacial score (nSPS) is 12.7. The fourth-order valence-corrected chi connectivity index (χ4v) is 2.24. The Bertz CT molecular complexity index is 425. The summed E-state index contributed by atoms with van der Waals surface area (Å²) in [7, 11) is 0. The first kappa shape index (κ1) is 15.1. The summed E-state index contributed by atoms with van der Waals surface area (Å²) in [6.45, 7) is 5.22. The first-order valence-electron chi connectivity index (χ1n) is 5.86. The highest BCUT2D eigenvalue weighted by molar-refractivity contribution is 9.10. The third-order valence-electron chi connectivity index (χ3n) is 2.99. The molecule has 1 aromatic carbocycles. The molecule has 100 valence electrons. The predicted molar refractivity (Wildman–Crippen MR) is 72.0 cm³/mol. The standard InChI is InChI=1S/C13H17BrFNO2/c1-3-16(7-6-13(17)18)9(2)10-4-5-12(15)11(14)8-10/h4-5,8-9H,3,6-7H2,1-2H3,(H,17,18). The van der Waals surface area contributed by atoms with E-state index in [-0.39, 0.29) is 18.3 Å². The Balaban J connectivity index is 2.78. The molecule has 0 aliphatic heterocycles. The van der Waals surface area contributed by atoms with Crippen LogP contribution in [-0.4, -0.2) is 29.1 Å². The molecule has 5 heteroatoms. The molecule has 18 heavy (non-hydrogen) atoms.